The number of amides is 1. The van der Waals surface area contributed by atoms with Gasteiger partial charge in [-0.05, 0) is 65.9 Å². The van der Waals surface area contributed by atoms with Crippen molar-refractivity contribution in [3.8, 4) is 0 Å². The second-order valence-corrected chi connectivity index (χ2v) is 10.2. The standard InChI is InChI=1S/C23H32FN5O4/c1-12-18-16(20(30)29(25)22(32)28(18)15-6-7-15)10-17(24)19(12)27-9-8-14(11-27)13(2)26-21(31)33-23(3,4)5/h10,13-15H,6-9,11,25H2,1-5H3,(H,26,31)/t13-,14?/m0/s1. The summed E-state index contributed by atoms with van der Waals surface area (Å²) in [6, 6.07) is 0.997. The van der Waals surface area contributed by atoms with Gasteiger partial charge in [0, 0.05) is 30.7 Å². The van der Waals surface area contributed by atoms with Crippen molar-refractivity contribution in [1.82, 2.24) is 14.6 Å². The van der Waals surface area contributed by atoms with Crippen LogP contribution in [0.15, 0.2) is 15.7 Å². The van der Waals surface area contributed by atoms with Crippen molar-refractivity contribution < 1.29 is 13.9 Å². The molecule has 1 aliphatic carbocycles. The van der Waals surface area contributed by atoms with E-state index in [2.05, 4.69) is 5.32 Å². The lowest BCUT2D eigenvalue weighted by Gasteiger charge is -2.26. The van der Waals surface area contributed by atoms with E-state index < -0.39 is 28.8 Å². The Morgan fingerprint density at radius 3 is 2.55 bits per heavy atom. The predicted molar refractivity (Wildman–Crippen MR) is 125 cm³/mol. The molecular weight excluding hydrogens is 429 g/mol. The Labute approximate surface area is 191 Å². The number of aromatic nitrogens is 2. The molecular formula is C23H32FN5O4. The number of hydrogen-bond acceptors (Lipinski definition) is 6. The molecule has 2 fully saturated rings. The number of hydrogen-bond donors (Lipinski definition) is 2. The van der Waals surface area contributed by atoms with E-state index >= 15 is 4.39 Å². The second kappa shape index (κ2) is 8.07. The third kappa shape index (κ3) is 4.30. The zero-order chi connectivity index (χ0) is 24.2. The second-order valence-electron chi connectivity index (χ2n) is 10.2. The van der Waals surface area contributed by atoms with Crippen molar-refractivity contribution >= 4 is 22.7 Å². The highest BCUT2D eigenvalue weighted by molar-refractivity contribution is 5.87. The van der Waals surface area contributed by atoms with E-state index in [1.54, 1.807) is 27.7 Å². The molecule has 3 N–H and O–H groups in total. The molecule has 1 aromatic heterocycles. The van der Waals surface area contributed by atoms with Crippen LogP contribution in [0.4, 0.5) is 14.9 Å². The molecule has 1 aromatic carbocycles. The Morgan fingerprint density at radius 2 is 1.94 bits per heavy atom. The maximum absolute atomic E-state index is 15.3. The molecule has 1 unspecified atom stereocenters. The molecule has 0 radical (unpaired) electrons. The summed E-state index contributed by atoms with van der Waals surface area (Å²) in [5.74, 6) is 5.27. The van der Waals surface area contributed by atoms with Crippen LogP contribution >= 0.6 is 0 Å². The summed E-state index contributed by atoms with van der Waals surface area (Å²) < 4.78 is 22.8. The van der Waals surface area contributed by atoms with E-state index in [1.807, 2.05) is 11.8 Å². The first kappa shape index (κ1) is 23.1. The smallest absolute Gasteiger partial charge is 0.407 e. The van der Waals surface area contributed by atoms with Crippen molar-refractivity contribution in [3.63, 3.8) is 0 Å². The van der Waals surface area contributed by atoms with Gasteiger partial charge >= 0.3 is 11.8 Å². The third-order valence-corrected chi connectivity index (χ3v) is 6.47. The summed E-state index contributed by atoms with van der Waals surface area (Å²) in [5, 5.41) is 2.99. The van der Waals surface area contributed by atoms with Gasteiger partial charge in [0.25, 0.3) is 5.56 Å². The Kier molecular flexibility index (Phi) is 5.66. The third-order valence-electron chi connectivity index (χ3n) is 6.47. The number of anilines is 1. The molecule has 1 amide bonds. The van der Waals surface area contributed by atoms with Crippen LogP contribution in [-0.2, 0) is 4.74 Å². The lowest BCUT2D eigenvalue weighted by Crippen LogP contribution is -2.45. The molecule has 2 atom stereocenters. The molecule has 10 heteroatoms. The Hall–Kier alpha value is -3.04. The topological polar surface area (TPSA) is 112 Å². The molecule has 1 aliphatic heterocycles. The minimum atomic E-state index is -0.699. The largest absolute Gasteiger partial charge is 0.444 e. The average molecular weight is 462 g/mol. The molecule has 2 aromatic rings. The van der Waals surface area contributed by atoms with Gasteiger partial charge in [-0.15, -0.1) is 0 Å². The minimum Gasteiger partial charge on any atom is -0.444 e. The molecule has 9 nitrogen and oxygen atoms in total. The molecule has 4 rings (SSSR count). The molecule has 2 aliphatic rings. The number of alkyl carbamates (subject to hydrolysis) is 1. The number of carbonyl (C=O) groups excluding carboxylic acids is 1. The normalized spacial score (nSPS) is 19.7. The highest BCUT2D eigenvalue weighted by Gasteiger charge is 2.34. The first-order chi connectivity index (χ1) is 15.4. The van der Waals surface area contributed by atoms with E-state index in [4.69, 9.17) is 10.6 Å². The fourth-order valence-electron chi connectivity index (χ4n) is 4.73. The minimum absolute atomic E-state index is 0.0308. The molecule has 180 valence electrons. The maximum atomic E-state index is 15.3. The van der Waals surface area contributed by atoms with Gasteiger partial charge in [0.05, 0.1) is 16.6 Å². The Morgan fingerprint density at radius 1 is 1.27 bits per heavy atom. The Bertz CT molecular complexity index is 1220. The molecule has 33 heavy (non-hydrogen) atoms. The first-order valence-electron chi connectivity index (χ1n) is 11.4. The Balaban J connectivity index is 1.65. The van der Waals surface area contributed by atoms with E-state index in [-0.39, 0.29) is 23.4 Å². The molecule has 2 heterocycles. The predicted octanol–water partition coefficient (Wildman–Crippen LogP) is 2.40. The van der Waals surface area contributed by atoms with Crippen LogP contribution in [0.1, 0.15) is 58.6 Å². The summed E-state index contributed by atoms with van der Waals surface area (Å²) >= 11 is 0. The monoisotopic (exact) mass is 461 g/mol. The lowest BCUT2D eigenvalue weighted by atomic mass is 10.0. The highest BCUT2D eigenvalue weighted by atomic mass is 19.1. The fraction of sp³-hybridized carbons (Fsp3) is 0.609. The molecule has 0 bridgehead atoms. The number of nitrogens with two attached hydrogens (primary N) is 1. The lowest BCUT2D eigenvalue weighted by molar-refractivity contribution is 0.0494. The van der Waals surface area contributed by atoms with Gasteiger partial charge in [-0.2, -0.15) is 4.68 Å². The number of aryl methyl sites for hydroxylation is 1. The number of fused-ring (bicyclic) bond motifs is 1. The van der Waals surface area contributed by atoms with E-state index in [9.17, 15) is 14.4 Å². The van der Waals surface area contributed by atoms with Crippen LogP contribution in [0, 0.1) is 18.7 Å². The van der Waals surface area contributed by atoms with Gasteiger partial charge in [-0.25, -0.2) is 14.0 Å². The van der Waals surface area contributed by atoms with Crippen LogP contribution in [0.2, 0.25) is 0 Å². The quantitative estimate of drug-likeness (QED) is 0.677. The van der Waals surface area contributed by atoms with E-state index in [1.165, 1.54) is 10.6 Å². The van der Waals surface area contributed by atoms with Gasteiger partial charge in [0.1, 0.15) is 11.4 Å². The first-order valence-corrected chi connectivity index (χ1v) is 11.4. The molecule has 0 spiro atoms. The highest BCUT2D eigenvalue weighted by Crippen LogP contribution is 2.39. The number of rotatable bonds is 4. The summed E-state index contributed by atoms with van der Waals surface area (Å²) in [6.07, 6.45) is 1.92. The van der Waals surface area contributed by atoms with E-state index in [0.717, 1.165) is 19.3 Å². The van der Waals surface area contributed by atoms with Crippen LogP contribution in [-0.4, -0.2) is 40.1 Å². The molecule has 1 saturated carbocycles. The van der Waals surface area contributed by atoms with Crippen molar-refractivity contribution in [2.24, 2.45) is 5.92 Å². The average Bonchev–Trinajstić information content (AvgIpc) is 3.42. The maximum Gasteiger partial charge on any atom is 0.407 e. The SMILES string of the molecule is Cc1c(N2CCC([C@H](C)NC(=O)OC(C)(C)C)C2)c(F)cc2c(=O)n(N)c(=O)n(C3CC3)c12. The number of nitrogens with zero attached hydrogens (tertiary/aromatic N) is 3. The summed E-state index contributed by atoms with van der Waals surface area (Å²) in [7, 11) is 0. The van der Waals surface area contributed by atoms with Gasteiger partial charge in [-0.3, -0.25) is 9.36 Å². The number of nitrogen functional groups attached to an aromatic ring is 1. The number of ether oxygens (including phenoxy) is 1. The van der Waals surface area contributed by atoms with Crippen molar-refractivity contribution in [2.75, 3.05) is 23.8 Å². The van der Waals surface area contributed by atoms with Gasteiger partial charge in [0.2, 0.25) is 0 Å². The zero-order valence-electron chi connectivity index (χ0n) is 19.8. The van der Waals surface area contributed by atoms with Crippen LogP contribution in [0.3, 0.4) is 0 Å². The summed E-state index contributed by atoms with van der Waals surface area (Å²) in [4.78, 5) is 39.4. The van der Waals surface area contributed by atoms with Crippen molar-refractivity contribution in [1.29, 1.82) is 0 Å². The van der Waals surface area contributed by atoms with Crippen LogP contribution < -0.4 is 27.3 Å². The summed E-state index contributed by atoms with van der Waals surface area (Å²) in [5.41, 5.74) is -0.470. The van der Waals surface area contributed by atoms with E-state index in [0.29, 0.717) is 34.5 Å². The van der Waals surface area contributed by atoms with Crippen LogP contribution in [0.25, 0.3) is 10.9 Å². The van der Waals surface area contributed by atoms with Crippen LogP contribution in [0.5, 0.6) is 0 Å². The van der Waals surface area contributed by atoms with Crippen molar-refractivity contribution in [3.05, 3.63) is 38.3 Å². The van der Waals surface area contributed by atoms with Gasteiger partial charge in [-0.1, -0.05) is 0 Å². The fourth-order valence-corrected chi connectivity index (χ4v) is 4.73. The summed E-state index contributed by atoms with van der Waals surface area (Å²) in [6.45, 7) is 10.2. The zero-order valence-corrected chi connectivity index (χ0v) is 19.8. The number of nitrogens with one attached hydrogen (secondary N) is 1. The van der Waals surface area contributed by atoms with Crippen molar-refractivity contribution in [2.45, 2.75) is 71.6 Å². The number of carbonyl (C=O) groups is 1. The molecule has 1 saturated heterocycles. The number of halogens is 1. The van der Waals surface area contributed by atoms with Gasteiger partial charge < -0.3 is 20.8 Å². The number of benzene rings is 1. The van der Waals surface area contributed by atoms with Gasteiger partial charge in [0.15, 0.2) is 0 Å².